The molecule has 1 fully saturated rings. The molecular weight excluding hydrogens is 398 g/mol. The zero-order valence-electron chi connectivity index (χ0n) is 16.0. The van der Waals surface area contributed by atoms with Crippen LogP contribution in [-0.4, -0.2) is 70.1 Å². The second-order valence-electron chi connectivity index (χ2n) is 6.62. The number of hydrogen-bond acceptors (Lipinski definition) is 6. The molecule has 0 aliphatic carbocycles. The van der Waals surface area contributed by atoms with Crippen LogP contribution in [-0.2, 0) is 21.2 Å². The summed E-state index contributed by atoms with van der Waals surface area (Å²) in [4.78, 5) is 19.1. The Labute approximate surface area is 169 Å². The highest BCUT2D eigenvalue weighted by Gasteiger charge is 2.31. The molecule has 0 spiro atoms. The maximum absolute atomic E-state index is 12.7. The lowest BCUT2D eigenvalue weighted by Gasteiger charge is -2.35. The number of carbonyl (C=O) groups is 1. The van der Waals surface area contributed by atoms with Crippen molar-refractivity contribution in [2.45, 2.75) is 42.0 Å². The molecule has 1 atom stereocenters. The highest BCUT2D eigenvalue weighted by atomic mass is 32.2. The van der Waals surface area contributed by atoms with Crippen LogP contribution in [0.15, 0.2) is 40.4 Å². The molecule has 0 unspecified atom stereocenters. The van der Waals surface area contributed by atoms with E-state index >= 15 is 0 Å². The third-order valence-electron chi connectivity index (χ3n) is 4.56. The van der Waals surface area contributed by atoms with E-state index in [0.29, 0.717) is 31.3 Å². The molecular formula is C18H25N5O3S2. The largest absolute Gasteiger partial charge is 0.339 e. The van der Waals surface area contributed by atoms with Gasteiger partial charge in [0, 0.05) is 32.6 Å². The van der Waals surface area contributed by atoms with Crippen LogP contribution >= 0.6 is 11.8 Å². The Balaban J connectivity index is 1.55. The van der Waals surface area contributed by atoms with Gasteiger partial charge >= 0.3 is 0 Å². The average Bonchev–Trinajstić information content (AvgIpc) is 3.15. The van der Waals surface area contributed by atoms with Gasteiger partial charge in [-0.2, -0.15) is 4.31 Å². The summed E-state index contributed by atoms with van der Waals surface area (Å²) in [6, 6.07) is 8.39. The lowest BCUT2D eigenvalue weighted by atomic mass is 10.3. The van der Waals surface area contributed by atoms with Crippen LogP contribution < -0.4 is 0 Å². The van der Waals surface area contributed by atoms with Gasteiger partial charge in [0.05, 0.1) is 10.1 Å². The molecule has 2 heterocycles. The van der Waals surface area contributed by atoms with Crippen LogP contribution in [0.25, 0.3) is 0 Å². The fraction of sp³-hybridized carbons (Fsp3) is 0.500. The molecule has 28 heavy (non-hydrogen) atoms. The zero-order chi connectivity index (χ0) is 20.1. The van der Waals surface area contributed by atoms with E-state index in [4.69, 9.17) is 0 Å². The summed E-state index contributed by atoms with van der Waals surface area (Å²) in [5, 5.41) is 7.27. The minimum atomic E-state index is -3.52. The summed E-state index contributed by atoms with van der Waals surface area (Å²) in [6.07, 6.45) is 1.80. The smallest absolute Gasteiger partial charge is 0.243 e. The monoisotopic (exact) mass is 423 g/mol. The topological polar surface area (TPSA) is 99.3 Å². The predicted molar refractivity (Wildman–Crippen MR) is 107 cm³/mol. The first-order valence-corrected chi connectivity index (χ1v) is 11.7. The number of rotatable bonds is 7. The summed E-state index contributed by atoms with van der Waals surface area (Å²) in [5.41, 5.74) is 0. The molecule has 152 valence electrons. The average molecular weight is 424 g/mol. The number of nitrogens with zero attached hydrogens (tertiary/aromatic N) is 4. The van der Waals surface area contributed by atoms with Gasteiger partial charge in [0.2, 0.25) is 21.1 Å². The molecule has 0 saturated carbocycles. The summed E-state index contributed by atoms with van der Waals surface area (Å²) in [7, 11) is -3.52. The highest BCUT2D eigenvalue weighted by Crippen LogP contribution is 2.23. The molecule has 1 aliphatic rings. The van der Waals surface area contributed by atoms with Gasteiger partial charge in [0.1, 0.15) is 5.82 Å². The Bertz CT molecular complexity index is 893. The van der Waals surface area contributed by atoms with Crippen molar-refractivity contribution in [1.82, 2.24) is 24.4 Å². The molecule has 1 saturated heterocycles. The van der Waals surface area contributed by atoms with Crippen LogP contribution in [0.3, 0.4) is 0 Å². The molecule has 1 aromatic heterocycles. The second-order valence-corrected chi connectivity index (χ2v) is 9.86. The van der Waals surface area contributed by atoms with Crippen molar-refractivity contribution in [2.24, 2.45) is 0 Å². The van der Waals surface area contributed by atoms with Gasteiger partial charge in [-0.3, -0.25) is 9.89 Å². The summed E-state index contributed by atoms with van der Waals surface area (Å²) in [5.74, 6) is 0.799. The molecule has 3 rings (SSSR count). The van der Waals surface area contributed by atoms with Crippen molar-refractivity contribution in [1.29, 1.82) is 0 Å². The van der Waals surface area contributed by atoms with Gasteiger partial charge in [-0.15, -0.1) is 5.10 Å². The summed E-state index contributed by atoms with van der Waals surface area (Å²) < 4.78 is 26.8. The van der Waals surface area contributed by atoms with E-state index in [9.17, 15) is 13.2 Å². The van der Waals surface area contributed by atoms with Gasteiger partial charge < -0.3 is 4.90 Å². The molecule has 1 amide bonds. The van der Waals surface area contributed by atoms with E-state index in [1.165, 1.54) is 16.1 Å². The van der Waals surface area contributed by atoms with E-state index in [0.717, 1.165) is 18.7 Å². The normalized spacial score (nSPS) is 16.9. The maximum atomic E-state index is 12.7. The molecule has 1 aliphatic heterocycles. The minimum absolute atomic E-state index is 0.0244. The van der Waals surface area contributed by atoms with Gasteiger partial charge in [-0.25, -0.2) is 13.4 Å². The maximum Gasteiger partial charge on any atom is 0.243 e. The van der Waals surface area contributed by atoms with E-state index in [2.05, 4.69) is 22.1 Å². The standard InChI is InChI=1S/C18H25N5O3S2/c1-3-7-16-19-18(21-20-16)27-14(2)17(24)22-10-12-23(13-11-22)28(25,26)15-8-5-4-6-9-15/h4-6,8-9,14H,3,7,10-13H2,1-2H3,(H,19,20,21)/t14-/m0/s1. The number of benzene rings is 1. The molecule has 1 N–H and O–H groups in total. The lowest BCUT2D eigenvalue weighted by Crippen LogP contribution is -2.52. The Kier molecular flexibility index (Phi) is 6.73. The van der Waals surface area contributed by atoms with Crippen molar-refractivity contribution in [2.75, 3.05) is 26.2 Å². The highest BCUT2D eigenvalue weighted by molar-refractivity contribution is 8.00. The van der Waals surface area contributed by atoms with E-state index in [1.807, 2.05) is 6.92 Å². The Hall–Kier alpha value is -1.91. The number of nitrogens with one attached hydrogen (secondary N) is 1. The van der Waals surface area contributed by atoms with Crippen LogP contribution in [0.4, 0.5) is 0 Å². The first-order valence-electron chi connectivity index (χ1n) is 9.33. The van der Waals surface area contributed by atoms with Crippen molar-refractivity contribution >= 4 is 27.7 Å². The van der Waals surface area contributed by atoms with Crippen LogP contribution in [0.5, 0.6) is 0 Å². The fourth-order valence-corrected chi connectivity index (χ4v) is 5.31. The zero-order valence-corrected chi connectivity index (χ0v) is 17.7. The van der Waals surface area contributed by atoms with Crippen molar-refractivity contribution in [3.63, 3.8) is 0 Å². The predicted octanol–water partition coefficient (Wildman–Crippen LogP) is 1.77. The second kappa shape index (κ2) is 9.06. The quantitative estimate of drug-likeness (QED) is 0.682. The Morgan fingerprint density at radius 1 is 1.21 bits per heavy atom. The number of piperazine rings is 1. The van der Waals surface area contributed by atoms with Crippen LogP contribution in [0, 0.1) is 0 Å². The van der Waals surface area contributed by atoms with Gasteiger partial charge in [-0.05, 0) is 25.5 Å². The number of hydrogen-bond donors (Lipinski definition) is 1. The number of H-pyrrole nitrogens is 1. The SMILES string of the molecule is CCCc1nc(S[C@@H](C)C(=O)N2CCN(S(=O)(=O)c3ccccc3)CC2)n[nH]1. The first-order chi connectivity index (χ1) is 13.4. The minimum Gasteiger partial charge on any atom is -0.339 e. The fourth-order valence-electron chi connectivity index (χ4n) is 3.04. The molecule has 0 bridgehead atoms. The number of aromatic amines is 1. The van der Waals surface area contributed by atoms with Crippen molar-refractivity contribution in [3.8, 4) is 0 Å². The molecule has 0 radical (unpaired) electrons. The third kappa shape index (κ3) is 4.73. The van der Waals surface area contributed by atoms with Crippen LogP contribution in [0.2, 0.25) is 0 Å². The number of sulfonamides is 1. The van der Waals surface area contributed by atoms with E-state index in [1.54, 1.807) is 35.2 Å². The third-order valence-corrected chi connectivity index (χ3v) is 7.42. The molecule has 8 nitrogen and oxygen atoms in total. The Morgan fingerprint density at radius 3 is 2.54 bits per heavy atom. The first kappa shape index (κ1) is 20.8. The van der Waals surface area contributed by atoms with Gasteiger partial charge in [-0.1, -0.05) is 36.9 Å². The van der Waals surface area contributed by atoms with Crippen molar-refractivity contribution < 1.29 is 13.2 Å². The van der Waals surface area contributed by atoms with Gasteiger partial charge in [0.25, 0.3) is 0 Å². The number of aryl methyl sites for hydroxylation is 1. The molecule has 1 aromatic carbocycles. The number of thioether (sulfide) groups is 1. The molecule has 10 heteroatoms. The Morgan fingerprint density at radius 2 is 1.89 bits per heavy atom. The van der Waals surface area contributed by atoms with Crippen LogP contribution in [0.1, 0.15) is 26.1 Å². The molecule has 2 aromatic rings. The van der Waals surface area contributed by atoms with E-state index in [-0.39, 0.29) is 16.1 Å². The number of carbonyl (C=O) groups excluding carboxylic acids is 1. The van der Waals surface area contributed by atoms with E-state index < -0.39 is 10.0 Å². The van der Waals surface area contributed by atoms with Crippen molar-refractivity contribution in [3.05, 3.63) is 36.2 Å². The summed E-state index contributed by atoms with van der Waals surface area (Å²) in [6.45, 7) is 5.24. The summed E-state index contributed by atoms with van der Waals surface area (Å²) >= 11 is 1.32. The number of aromatic nitrogens is 3. The van der Waals surface area contributed by atoms with Gasteiger partial charge in [0.15, 0.2) is 0 Å². The lowest BCUT2D eigenvalue weighted by molar-refractivity contribution is -0.131. The number of amides is 1.